The highest BCUT2D eigenvalue weighted by Gasteiger charge is 2.13. The molecule has 0 radical (unpaired) electrons. The smallest absolute Gasteiger partial charge is 0.226 e. The predicted octanol–water partition coefficient (Wildman–Crippen LogP) is 2.00. The highest BCUT2D eigenvalue weighted by Crippen LogP contribution is 2.03. The summed E-state index contributed by atoms with van der Waals surface area (Å²) >= 11 is 5.31. The van der Waals surface area contributed by atoms with E-state index in [0.29, 0.717) is 24.6 Å². The van der Waals surface area contributed by atoms with Gasteiger partial charge in [0.25, 0.3) is 0 Å². The highest BCUT2D eigenvalue weighted by atomic mass is 32.1. The number of amides is 2. The summed E-state index contributed by atoms with van der Waals surface area (Å²) < 4.78 is 0. The molecule has 0 unspecified atom stereocenters. The van der Waals surface area contributed by atoms with Gasteiger partial charge in [0.05, 0.1) is 0 Å². The fourth-order valence-electron chi connectivity index (χ4n) is 2.07. The highest BCUT2D eigenvalue weighted by molar-refractivity contribution is 7.80. The lowest BCUT2D eigenvalue weighted by Gasteiger charge is -2.25. The number of carbonyl (C=O) groups is 2. The second-order valence-electron chi connectivity index (χ2n) is 5.40. The molecule has 0 aromatic heterocycles. The van der Waals surface area contributed by atoms with E-state index < -0.39 is 0 Å². The number of nitrogens with two attached hydrogens (primary N) is 1. The second kappa shape index (κ2) is 10.7. The molecule has 6 heteroatoms. The summed E-state index contributed by atoms with van der Waals surface area (Å²) in [5.41, 5.74) is 6.40. The Labute approximate surface area is 143 Å². The van der Waals surface area contributed by atoms with Crippen molar-refractivity contribution in [2.45, 2.75) is 39.0 Å². The predicted molar refractivity (Wildman–Crippen MR) is 95.8 cm³/mol. The largest absolute Gasteiger partial charge is 0.370 e. The van der Waals surface area contributed by atoms with E-state index in [0.717, 1.165) is 19.3 Å². The zero-order chi connectivity index (χ0) is 17.1. The van der Waals surface area contributed by atoms with Gasteiger partial charge in [-0.15, -0.1) is 0 Å². The van der Waals surface area contributed by atoms with Gasteiger partial charge in [0, 0.05) is 25.9 Å². The van der Waals surface area contributed by atoms with E-state index >= 15 is 0 Å². The molecule has 1 aromatic carbocycles. The van der Waals surface area contributed by atoms with Crippen LogP contribution in [-0.4, -0.2) is 34.9 Å². The molecule has 0 saturated heterocycles. The first-order valence-electron chi connectivity index (χ1n) is 7.94. The standard InChI is InChI=1S/C17H25N3O2S/c1-2-3-9-16(22)19-17(23)20(13-11-15(18)21)12-10-14-7-5-4-6-8-14/h4-8H,2-3,9-13H2,1H3,(H2,18,21)(H,19,22,23). The Morgan fingerprint density at radius 1 is 1.17 bits per heavy atom. The Morgan fingerprint density at radius 2 is 1.87 bits per heavy atom. The Hall–Kier alpha value is -1.95. The minimum Gasteiger partial charge on any atom is -0.370 e. The van der Waals surface area contributed by atoms with Crippen LogP contribution < -0.4 is 11.1 Å². The molecule has 0 aliphatic carbocycles. The number of hydrogen-bond donors (Lipinski definition) is 2. The quantitative estimate of drug-likeness (QED) is 0.677. The van der Waals surface area contributed by atoms with Crippen molar-refractivity contribution in [2.24, 2.45) is 5.73 Å². The molecule has 1 aromatic rings. The molecular weight excluding hydrogens is 310 g/mol. The monoisotopic (exact) mass is 335 g/mol. The van der Waals surface area contributed by atoms with Gasteiger partial charge in [-0.2, -0.15) is 0 Å². The molecule has 2 amide bonds. The molecule has 23 heavy (non-hydrogen) atoms. The molecule has 0 aliphatic rings. The third-order valence-corrected chi connectivity index (χ3v) is 3.79. The number of nitrogens with zero attached hydrogens (tertiary/aromatic N) is 1. The fraction of sp³-hybridized carbons (Fsp3) is 0.471. The number of primary amides is 1. The van der Waals surface area contributed by atoms with Gasteiger partial charge < -0.3 is 16.0 Å². The van der Waals surface area contributed by atoms with Crippen LogP contribution in [-0.2, 0) is 16.0 Å². The number of benzene rings is 1. The summed E-state index contributed by atoms with van der Waals surface area (Å²) in [4.78, 5) is 24.7. The zero-order valence-corrected chi connectivity index (χ0v) is 14.4. The lowest BCUT2D eigenvalue weighted by Crippen LogP contribution is -2.44. The van der Waals surface area contributed by atoms with Gasteiger partial charge in [0.15, 0.2) is 5.11 Å². The molecule has 0 saturated carbocycles. The van der Waals surface area contributed by atoms with E-state index in [2.05, 4.69) is 5.32 Å². The maximum Gasteiger partial charge on any atom is 0.226 e. The van der Waals surface area contributed by atoms with Crippen LogP contribution in [0.3, 0.4) is 0 Å². The van der Waals surface area contributed by atoms with E-state index in [1.54, 1.807) is 0 Å². The summed E-state index contributed by atoms with van der Waals surface area (Å²) in [6.45, 7) is 3.07. The molecule has 0 aliphatic heterocycles. The van der Waals surface area contributed by atoms with Crippen LogP contribution in [0.15, 0.2) is 30.3 Å². The number of nitrogens with one attached hydrogen (secondary N) is 1. The van der Waals surface area contributed by atoms with Crippen LogP contribution >= 0.6 is 12.2 Å². The van der Waals surface area contributed by atoms with Crippen molar-refractivity contribution in [2.75, 3.05) is 13.1 Å². The fourth-order valence-corrected chi connectivity index (χ4v) is 2.36. The average Bonchev–Trinajstić information content (AvgIpc) is 2.53. The molecule has 0 heterocycles. The Morgan fingerprint density at radius 3 is 2.48 bits per heavy atom. The summed E-state index contributed by atoms with van der Waals surface area (Å²) in [7, 11) is 0. The molecule has 126 valence electrons. The van der Waals surface area contributed by atoms with Gasteiger partial charge >= 0.3 is 0 Å². The molecule has 1 rings (SSSR count). The lowest BCUT2D eigenvalue weighted by atomic mass is 10.1. The SMILES string of the molecule is CCCCC(=O)NC(=S)N(CCC(N)=O)CCc1ccccc1. The first-order valence-corrected chi connectivity index (χ1v) is 8.34. The van der Waals surface area contributed by atoms with Gasteiger partial charge in [0.2, 0.25) is 11.8 Å². The second-order valence-corrected chi connectivity index (χ2v) is 5.78. The van der Waals surface area contributed by atoms with Crippen molar-refractivity contribution in [3.05, 3.63) is 35.9 Å². The van der Waals surface area contributed by atoms with Crippen molar-refractivity contribution >= 4 is 29.1 Å². The first-order chi connectivity index (χ1) is 11.0. The molecular formula is C17H25N3O2S. The minimum absolute atomic E-state index is 0.0827. The van der Waals surface area contributed by atoms with E-state index in [1.165, 1.54) is 5.56 Å². The van der Waals surface area contributed by atoms with Crippen LogP contribution in [0.25, 0.3) is 0 Å². The first kappa shape index (κ1) is 19.1. The Balaban J connectivity index is 2.57. The normalized spacial score (nSPS) is 10.1. The van der Waals surface area contributed by atoms with Gasteiger partial charge in [-0.05, 0) is 30.6 Å². The number of unbranched alkanes of at least 4 members (excludes halogenated alkanes) is 1. The van der Waals surface area contributed by atoms with Gasteiger partial charge in [-0.1, -0.05) is 43.7 Å². The third-order valence-electron chi connectivity index (χ3n) is 3.43. The van der Waals surface area contributed by atoms with Crippen LogP contribution in [0.5, 0.6) is 0 Å². The number of carbonyl (C=O) groups excluding carboxylic acids is 2. The van der Waals surface area contributed by atoms with E-state index in [4.69, 9.17) is 18.0 Å². The number of hydrogen-bond acceptors (Lipinski definition) is 3. The summed E-state index contributed by atoms with van der Waals surface area (Å²) in [5.74, 6) is -0.463. The molecule has 0 spiro atoms. The summed E-state index contributed by atoms with van der Waals surface area (Å²) in [6.07, 6.45) is 3.24. The van der Waals surface area contributed by atoms with Gasteiger partial charge in [-0.3, -0.25) is 9.59 Å². The summed E-state index contributed by atoms with van der Waals surface area (Å²) in [5, 5.41) is 3.11. The van der Waals surface area contributed by atoms with Gasteiger partial charge in [-0.25, -0.2) is 0 Å². The molecule has 0 bridgehead atoms. The summed E-state index contributed by atoms with van der Waals surface area (Å²) in [6, 6.07) is 10.00. The van der Waals surface area contributed by atoms with Crippen LogP contribution in [0.1, 0.15) is 38.2 Å². The van der Waals surface area contributed by atoms with Crippen LogP contribution in [0.4, 0.5) is 0 Å². The average molecular weight is 335 g/mol. The maximum atomic E-state index is 11.8. The lowest BCUT2D eigenvalue weighted by molar-refractivity contribution is -0.120. The minimum atomic E-state index is -0.380. The van der Waals surface area contributed by atoms with Crippen LogP contribution in [0, 0.1) is 0 Å². The van der Waals surface area contributed by atoms with E-state index in [-0.39, 0.29) is 18.2 Å². The third kappa shape index (κ3) is 8.30. The Bertz CT molecular complexity index is 520. The van der Waals surface area contributed by atoms with Crippen molar-refractivity contribution in [3.63, 3.8) is 0 Å². The van der Waals surface area contributed by atoms with Crippen molar-refractivity contribution in [1.82, 2.24) is 10.2 Å². The molecule has 5 nitrogen and oxygen atoms in total. The van der Waals surface area contributed by atoms with Crippen LogP contribution in [0.2, 0.25) is 0 Å². The van der Waals surface area contributed by atoms with Gasteiger partial charge in [0.1, 0.15) is 0 Å². The van der Waals surface area contributed by atoms with E-state index in [9.17, 15) is 9.59 Å². The molecule has 3 N–H and O–H groups in total. The van der Waals surface area contributed by atoms with Crippen molar-refractivity contribution in [1.29, 1.82) is 0 Å². The van der Waals surface area contributed by atoms with Crippen molar-refractivity contribution < 1.29 is 9.59 Å². The number of thiocarbonyl (C=S) groups is 1. The van der Waals surface area contributed by atoms with Crippen molar-refractivity contribution in [3.8, 4) is 0 Å². The number of rotatable bonds is 9. The zero-order valence-electron chi connectivity index (χ0n) is 13.6. The topological polar surface area (TPSA) is 75.4 Å². The van der Waals surface area contributed by atoms with E-state index in [1.807, 2.05) is 42.2 Å². The Kier molecular flexibility index (Phi) is 8.90. The maximum absolute atomic E-state index is 11.8. The molecule has 0 atom stereocenters. The molecule has 0 fully saturated rings.